The zero-order valence-electron chi connectivity index (χ0n) is 9.18. The van der Waals surface area contributed by atoms with E-state index in [0.717, 1.165) is 0 Å². The minimum atomic E-state index is -3.48. The third-order valence-electron chi connectivity index (χ3n) is 2.04. The van der Waals surface area contributed by atoms with E-state index in [9.17, 15) is 8.42 Å². The van der Waals surface area contributed by atoms with Gasteiger partial charge in [0.2, 0.25) is 10.0 Å². The van der Waals surface area contributed by atoms with E-state index >= 15 is 0 Å². The van der Waals surface area contributed by atoms with E-state index < -0.39 is 10.0 Å². The predicted octanol–water partition coefficient (Wildman–Crippen LogP) is 1.51. The van der Waals surface area contributed by atoms with Gasteiger partial charge in [-0.3, -0.25) is 0 Å². The SMILES string of the molecule is C=CCC(C)NS(=O)(=O)c1cccc(N)c1. The van der Waals surface area contributed by atoms with E-state index in [2.05, 4.69) is 11.3 Å². The first-order chi connectivity index (χ1) is 7.45. The first-order valence-electron chi connectivity index (χ1n) is 4.94. The Morgan fingerprint density at radius 3 is 2.81 bits per heavy atom. The summed E-state index contributed by atoms with van der Waals surface area (Å²) in [7, 11) is -3.48. The highest BCUT2D eigenvalue weighted by atomic mass is 32.2. The van der Waals surface area contributed by atoms with Crippen molar-refractivity contribution in [2.75, 3.05) is 5.73 Å². The molecule has 0 saturated carbocycles. The third-order valence-corrected chi connectivity index (χ3v) is 3.63. The molecule has 0 aliphatic rings. The lowest BCUT2D eigenvalue weighted by molar-refractivity contribution is 0.562. The summed E-state index contributed by atoms with van der Waals surface area (Å²) in [6.45, 7) is 5.35. The number of sulfonamides is 1. The van der Waals surface area contributed by atoms with Crippen LogP contribution in [0.15, 0.2) is 41.8 Å². The molecule has 1 unspecified atom stereocenters. The molecule has 0 aromatic heterocycles. The molecular weight excluding hydrogens is 224 g/mol. The van der Waals surface area contributed by atoms with E-state index in [1.807, 2.05) is 0 Å². The van der Waals surface area contributed by atoms with Crippen molar-refractivity contribution in [3.05, 3.63) is 36.9 Å². The summed E-state index contributed by atoms with van der Waals surface area (Å²) in [6, 6.07) is 6.03. The summed E-state index contributed by atoms with van der Waals surface area (Å²) < 4.78 is 26.3. The summed E-state index contributed by atoms with van der Waals surface area (Å²) >= 11 is 0. The van der Waals surface area contributed by atoms with E-state index in [0.29, 0.717) is 12.1 Å². The lowest BCUT2D eigenvalue weighted by atomic mass is 10.3. The molecule has 3 N–H and O–H groups in total. The number of nitrogens with one attached hydrogen (secondary N) is 1. The Bertz CT molecular complexity index is 469. The largest absolute Gasteiger partial charge is 0.399 e. The second-order valence-electron chi connectivity index (χ2n) is 3.62. The molecule has 88 valence electrons. The summed E-state index contributed by atoms with van der Waals surface area (Å²) in [5, 5.41) is 0. The number of anilines is 1. The molecule has 0 aliphatic heterocycles. The van der Waals surface area contributed by atoms with Gasteiger partial charge in [0.1, 0.15) is 0 Å². The van der Waals surface area contributed by atoms with Crippen LogP contribution in [0, 0.1) is 0 Å². The number of hydrogen-bond donors (Lipinski definition) is 2. The topological polar surface area (TPSA) is 72.2 Å². The van der Waals surface area contributed by atoms with E-state index in [1.54, 1.807) is 25.1 Å². The summed E-state index contributed by atoms with van der Waals surface area (Å²) in [4.78, 5) is 0.184. The van der Waals surface area contributed by atoms with Gasteiger partial charge in [-0.15, -0.1) is 6.58 Å². The van der Waals surface area contributed by atoms with E-state index in [-0.39, 0.29) is 10.9 Å². The highest BCUT2D eigenvalue weighted by Gasteiger charge is 2.16. The molecular formula is C11H16N2O2S. The standard InChI is InChI=1S/C11H16N2O2S/c1-3-5-9(2)13-16(14,15)11-7-4-6-10(12)8-11/h3-4,6-9,13H,1,5,12H2,2H3. The average Bonchev–Trinajstić information content (AvgIpc) is 2.17. The molecule has 1 atom stereocenters. The van der Waals surface area contributed by atoms with Crippen molar-refractivity contribution in [1.82, 2.24) is 4.72 Å². The molecule has 16 heavy (non-hydrogen) atoms. The first-order valence-corrected chi connectivity index (χ1v) is 6.43. The van der Waals surface area contributed by atoms with Gasteiger partial charge in [-0.25, -0.2) is 13.1 Å². The van der Waals surface area contributed by atoms with Gasteiger partial charge in [0.25, 0.3) is 0 Å². The maximum atomic E-state index is 11.9. The molecule has 1 rings (SSSR count). The molecule has 0 heterocycles. The summed E-state index contributed by atoms with van der Waals surface area (Å²) in [5.74, 6) is 0. The monoisotopic (exact) mass is 240 g/mol. The molecule has 1 aromatic rings. The lowest BCUT2D eigenvalue weighted by Gasteiger charge is -2.12. The van der Waals surface area contributed by atoms with Crippen molar-refractivity contribution >= 4 is 15.7 Å². The summed E-state index contributed by atoms with van der Waals surface area (Å²) in [5.41, 5.74) is 5.97. The molecule has 0 fully saturated rings. The van der Waals surface area contributed by atoms with E-state index in [4.69, 9.17) is 5.73 Å². The minimum Gasteiger partial charge on any atom is -0.399 e. The maximum Gasteiger partial charge on any atom is 0.240 e. The Morgan fingerprint density at radius 2 is 2.25 bits per heavy atom. The van der Waals surface area contributed by atoms with Crippen LogP contribution >= 0.6 is 0 Å². The van der Waals surface area contributed by atoms with Crippen molar-refractivity contribution in [2.45, 2.75) is 24.3 Å². The van der Waals surface area contributed by atoms with Gasteiger partial charge in [-0.1, -0.05) is 12.1 Å². The second-order valence-corrected chi connectivity index (χ2v) is 5.33. The lowest BCUT2D eigenvalue weighted by Crippen LogP contribution is -2.32. The third kappa shape index (κ3) is 3.36. The normalized spacial score (nSPS) is 13.3. The fourth-order valence-corrected chi connectivity index (χ4v) is 2.62. The van der Waals surface area contributed by atoms with Crippen LogP contribution < -0.4 is 10.5 Å². The van der Waals surface area contributed by atoms with Gasteiger partial charge >= 0.3 is 0 Å². The molecule has 0 amide bonds. The van der Waals surface area contributed by atoms with Gasteiger partial charge in [0, 0.05) is 11.7 Å². The van der Waals surface area contributed by atoms with Crippen LogP contribution in [0.1, 0.15) is 13.3 Å². The zero-order valence-corrected chi connectivity index (χ0v) is 10.00. The number of hydrogen-bond acceptors (Lipinski definition) is 3. The first kappa shape index (κ1) is 12.7. The van der Waals surface area contributed by atoms with Crippen LogP contribution in [0.3, 0.4) is 0 Å². The molecule has 0 bridgehead atoms. The number of rotatable bonds is 5. The van der Waals surface area contributed by atoms with Crippen molar-refractivity contribution < 1.29 is 8.42 Å². The van der Waals surface area contributed by atoms with Crippen molar-refractivity contribution in [1.29, 1.82) is 0 Å². The molecule has 0 saturated heterocycles. The highest BCUT2D eigenvalue weighted by molar-refractivity contribution is 7.89. The van der Waals surface area contributed by atoms with Crippen LogP contribution in [-0.4, -0.2) is 14.5 Å². The van der Waals surface area contributed by atoms with Crippen molar-refractivity contribution in [3.8, 4) is 0 Å². The van der Waals surface area contributed by atoms with Crippen LogP contribution in [0.25, 0.3) is 0 Å². The highest BCUT2D eigenvalue weighted by Crippen LogP contribution is 2.13. The molecule has 0 radical (unpaired) electrons. The fraction of sp³-hybridized carbons (Fsp3) is 0.273. The second kappa shape index (κ2) is 5.14. The molecule has 4 nitrogen and oxygen atoms in total. The van der Waals surface area contributed by atoms with Gasteiger partial charge in [-0.2, -0.15) is 0 Å². The number of benzene rings is 1. The predicted molar refractivity (Wildman–Crippen MR) is 65.5 cm³/mol. The van der Waals surface area contributed by atoms with Crippen LogP contribution in [0.5, 0.6) is 0 Å². The van der Waals surface area contributed by atoms with Crippen LogP contribution in [0.4, 0.5) is 5.69 Å². The molecule has 0 aliphatic carbocycles. The zero-order chi connectivity index (χ0) is 12.2. The average molecular weight is 240 g/mol. The van der Waals surface area contributed by atoms with E-state index in [1.165, 1.54) is 12.1 Å². The minimum absolute atomic E-state index is 0.177. The van der Waals surface area contributed by atoms with Gasteiger partial charge in [0.05, 0.1) is 4.90 Å². The Morgan fingerprint density at radius 1 is 1.56 bits per heavy atom. The molecule has 1 aromatic carbocycles. The fourth-order valence-electron chi connectivity index (χ4n) is 1.31. The van der Waals surface area contributed by atoms with Crippen LogP contribution in [0.2, 0.25) is 0 Å². The van der Waals surface area contributed by atoms with Crippen molar-refractivity contribution in [2.24, 2.45) is 0 Å². The maximum absolute atomic E-state index is 11.9. The molecule has 5 heteroatoms. The van der Waals surface area contributed by atoms with Gasteiger partial charge in [0.15, 0.2) is 0 Å². The Labute approximate surface area is 96.2 Å². The van der Waals surface area contributed by atoms with Gasteiger partial charge < -0.3 is 5.73 Å². The van der Waals surface area contributed by atoms with Gasteiger partial charge in [-0.05, 0) is 31.5 Å². The summed E-state index contributed by atoms with van der Waals surface area (Å²) in [6.07, 6.45) is 2.26. The Balaban J connectivity index is 2.90. The number of nitrogen functional groups attached to an aromatic ring is 1. The molecule has 0 spiro atoms. The Hall–Kier alpha value is -1.33. The smallest absolute Gasteiger partial charge is 0.240 e. The van der Waals surface area contributed by atoms with Crippen molar-refractivity contribution in [3.63, 3.8) is 0 Å². The van der Waals surface area contributed by atoms with Crippen LogP contribution in [-0.2, 0) is 10.0 Å². The number of nitrogens with two attached hydrogens (primary N) is 1. The quantitative estimate of drug-likeness (QED) is 0.605. The Kier molecular flexibility index (Phi) is 4.09.